The average Bonchev–Trinajstić information content (AvgIpc) is 3.18. The summed E-state index contributed by atoms with van der Waals surface area (Å²) in [5, 5.41) is 8.95. The number of ether oxygens (including phenoxy) is 1. The zero-order chi connectivity index (χ0) is 18.2. The van der Waals surface area contributed by atoms with E-state index < -0.39 is 0 Å². The maximum Gasteiger partial charge on any atom is 0.119 e. The summed E-state index contributed by atoms with van der Waals surface area (Å²) in [6, 6.07) is 22.7. The molecule has 0 atom stereocenters. The molecule has 0 unspecified atom stereocenters. The maximum atomic E-state index is 8.95. The van der Waals surface area contributed by atoms with Crippen molar-refractivity contribution in [3.05, 3.63) is 77.7 Å². The highest BCUT2D eigenvalue weighted by Gasteiger charge is 2.04. The molecule has 0 amide bonds. The Kier molecular flexibility index (Phi) is 6.24. The van der Waals surface area contributed by atoms with Crippen LogP contribution in [0.25, 0.3) is 21.6 Å². The lowest BCUT2D eigenvalue weighted by Crippen LogP contribution is -1.92. The predicted octanol–water partition coefficient (Wildman–Crippen LogP) is 6.69. The Hall–Kier alpha value is -2.83. The number of rotatable bonds is 7. The third-order valence-corrected chi connectivity index (χ3v) is 5.08. The van der Waals surface area contributed by atoms with Crippen molar-refractivity contribution >= 4 is 11.3 Å². The minimum atomic E-state index is 0.611. The normalized spacial score (nSPS) is 10.8. The highest BCUT2D eigenvalue weighted by Crippen LogP contribution is 2.30. The Morgan fingerprint density at radius 2 is 1.54 bits per heavy atom. The van der Waals surface area contributed by atoms with Crippen molar-refractivity contribution in [2.75, 3.05) is 6.61 Å². The van der Waals surface area contributed by atoms with Gasteiger partial charge in [0, 0.05) is 4.88 Å². The topological polar surface area (TPSA) is 33.0 Å². The molecular formula is C23H21NOS. The summed E-state index contributed by atoms with van der Waals surface area (Å²) < 4.78 is 5.72. The molecule has 3 aromatic rings. The van der Waals surface area contributed by atoms with Crippen molar-refractivity contribution in [2.24, 2.45) is 0 Å². The first-order valence-electron chi connectivity index (χ1n) is 8.79. The lowest BCUT2D eigenvalue weighted by molar-refractivity contribution is 0.362. The van der Waals surface area contributed by atoms with Gasteiger partial charge in [0.2, 0.25) is 0 Å². The van der Waals surface area contributed by atoms with Crippen LogP contribution in [-0.4, -0.2) is 6.61 Å². The van der Waals surface area contributed by atoms with Crippen LogP contribution in [0, 0.1) is 11.3 Å². The van der Waals surface area contributed by atoms with Crippen LogP contribution in [0.1, 0.15) is 24.6 Å². The molecule has 0 aliphatic heterocycles. The van der Waals surface area contributed by atoms with E-state index in [1.165, 1.54) is 16.9 Å². The van der Waals surface area contributed by atoms with Crippen LogP contribution in [0.15, 0.2) is 72.8 Å². The fourth-order valence-corrected chi connectivity index (χ4v) is 3.43. The Balaban J connectivity index is 1.64. The first kappa shape index (κ1) is 18.0. The van der Waals surface area contributed by atoms with Crippen molar-refractivity contribution in [1.82, 2.24) is 0 Å². The molecule has 0 saturated heterocycles. The van der Waals surface area contributed by atoms with Crippen molar-refractivity contribution in [3.63, 3.8) is 0 Å². The van der Waals surface area contributed by atoms with Gasteiger partial charge in [-0.3, -0.25) is 0 Å². The van der Waals surface area contributed by atoms with Gasteiger partial charge in [0.1, 0.15) is 23.3 Å². The van der Waals surface area contributed by atoms with E-state index in [-0.39, 0.29) is 0 Å². The molecule has 130 valence electrons. The maximum absolute atomic E-state index is 8.95. The van der Waals surface area contributed by atoms with Gasteiger partial charge in [-0.2, -0.15) is 5.26 Å². The summed E-state index contributed by atoms with van der Waals surface area (Å²) in [6.45, 7) is 2.78. The van der Waals surface area contributed by atoms with Crippen LogP contribution in [0.4, 0.5) is 0 Å². The number of nitrogens with zero attached hydrogens (tertiary/aromatic N) is 1. The van der Waals surface area contributed by atoms with Crippen molar-refractivity contribution in [3.8, 4) is 33.4 Å². The molecule has 3 rings (SSSR count). The summed E-state index contributed by atoms with van der Waals surface area (Å²) in [5.74, 6) is 0.883. The molecular weight excluding hydrogens is 338 g/mol. The summed E-state index contributed by atoms with van der Waals surface area (Å²) >= 11 is 1.52. The third-order valence-electron chi connectivity index (χ3n) is 4.04. The van der Waals surface area contributed by atoms with E-state index in [1.54, 1.807) is 0 Å². The van der Waals surface area contributed by atoms with E-state index in [9.17, 15) is 0 Å². The molecule has 0 spiro atoms. The SMILES string of the molecule is CCC/C=C/COc1ccc(-c2ccc(-c3ccc(C#N)s3)cc2)cc1. The smallest absolute Gasteiger partial charge is 0.119 e. The first-order chi connectivity index (χ1) is 12.8. The van der Waals surface area contributed by atoms with E-state index >= 15 is 0 Å². The van der Waals surface area contributed by atoms with Gasteiger partial charge in [-0.15, -0.1) is 11.3 Å². The van der Waals surface area contributed by atoms with Crippen LogP contribution < -0.4 is 4.74 Å². The molecule has 1 heterocycles. The molecule has 0 fully saturated rings. The molecule has 2 nitrogen and oxygen atoms in total. The molecule has 0 aliphatic rings. The number of thiophene rings is 1. The van der Waals surface area contributed by atoms with Gasteiger partial charge in [-0.1, -0.05) is 61.9 Å². The fourth-order valence-electron chi connectivity index (χ4n) is 2.62. The number of benzene rings is 2. The summed E-state index contributed by atoms with van der Waals surface area (Å²) in [4.78, 5) is 1.86. The van der Waals surface area contributed by atoms with Crippen LogP contribution >= 0.6 is 11.3 Å². The number of unbranched alkanes of at least 4 members (excludes halogenated alkanes) is 1. The monoisotopic (exact) mass is 359 g/mol. The summed E-state index contributed by atoms with van der Waals surface area (Å²) in [5.41, 5.74) is 3.47. The van der Waals surface area contributed by atoms with Gasteiger partial charge in [0.05, 0.1) is 0 Å². The average molecular weight is 359 g/mol. The van der Waals surface area contributed by atoms with Gasteiger partial charge in [0.25, 0.3) is 0 Å². The number of hydrogen-bond acceptors (Lipinski definition) is 3. The van der Waals surface area contributed by atoms with E-state index in [0.717, 1.165) is 39.5 Å². The predicted molar refractivity (Wildman–Crippen MR) is 109 cm³/mol. The molecule has 0 aliphatic carbocycles. The fraction of sp³-hybridized carbons (Fsp3) is 0.174. The molecule has 0 radical (unpaired) electrons. The zero-order valence-electron chi connectivity index (χ0n) is 14.8. The quantitative estimate of drug-likeness (QED) is 0.440. The minimum Gasteiger partial charge on any atom is -0.490 e. The van der Waals surface area contributed by atoms with E-state index in [0.29, 0.717) is 6.61 Å². The van der Waals surface area contributed by atoms with E-state index in [1.807, 2.05) is 24.3 Å². The first-order valence-corrected chi connectivity index (χ1v) is 9.60. The number of nitriles is 1. The second kappa shape index (κ2) is 9.03. The molecule has 1 aromatic heterocycles. The van der Waals surface area contributed by atoms with Gasteiger partial charge in [-0.05, 0) is 47.4 Å². The lowest BCUT2D eigenvalue weighted by Gasteiger charge is -2.06. The molecule has 2 aromatic carbocycles. The van der Waals surface area contributed by atoms with Crippen LogP contribution in [0.2, 0.25) is 0 Å². The Labute approximate surface area is 159 Å². The number of hydrogen-bond donors (Lipinski definition) is 0. The van der Waals surface area contributed by atoms with Crippen molar-refractivity contribution in [1.29, 1.82) is 5.26 Å². The Morgan fingerprint density at radius 1 is 0.885 bits per heavy atom. The largest absolute Gasteiger partial charge is 0.490 e. The van der Waals surface area contributed by atoms with Crippen LogP contribution in [0.5, 0.6) is 5.75 Å². The summed E-state index contributed by atoms with van der Waals surface area (Å²) in [6.07, 6.45) is 6.49. The van der Waals surface area contributed by atoms with Gasteiger partial charge in [0.15, 0.2) is 0 Å². The third kappa shape index (κ3) is 4.62. The highest BCUT2D eigenvalue weighted by atomic mass is 32.1. The molecule has 0 N–H and O–H groups in total. The molecule has 0 saturated carbocycles. The molecule has 3 heteroatoms. The second-order valence-electron chi connectivity index (χ2n) is 5.95. The standard InChI is InChI=1S/C23H21NOS/c1-2-3-4-5-16-25-21-12-10-19(11-13-21)18-6-8-20(9-7-18)23-15-14-22(17-24)26-23/h4-15H,2-3,16H2,1H3/b5-4+. The van der Waals surface area contributed by atoms with E-state index in [4.69, 9.17) is 10.00 Å². The van der Waals surface area contributed by atoms with E-state index in [2.05, 4.69) is 61.5 Å². The van der Waals surface area contributed by atoms with Crippen molar-refractivity contribution in [2.45, 2.75) is 19.8 Å². The van der Waals surface area contributed by atoms with Crippen LogP contribution in [0.3, 0.4) is 0 Å². The number of allylic oxidation sites excluding steroid dienone is 1. The Bertz CT molecular complexity index is 899. The zero-order valence-corrected chi connectivity index (χ0v) is 15.6. The van der Waals surface area contributed by atoms with Gasteiger partial charge in [-0.25, -0.2) is 0 Å². The second-order valence-corrected chi connectivity index (χ2v) is 7.03. The van der Waals surface area contributed by atoms with Crippen molar-refractivity contribution < 1.29 is 4.74 Å². The highest BCUT2D eigenvalue weighted by molar-refractivity contribution is 7.16. The van der Waals surface area contributed by atoms with Gasteiger partial charge >= 0.3 is 0 Å². The molecule has 0 bridgehead atoms. The lowest BCUT2D eigenvalue weighted by atomic mass is 10.0. The molecule has 26 heavy (non-hydrogen) atoms. The van der Waals surface area contributed by atoms with Gasteiger partial charge < -0.3 is 4.74 Å². The Morgan fingerprint density at radius 3 is 2.15 bits per heavy atom. The van der Waals surface area contributed by atoms with Crippen LogP contribution in [-0.2, 0) is 0 Å². The minimum absolute atomic E-state index is 0.611. The summed E-state index contributed by atoms with van der Waals surface area (Å²) in [7, 11) is 0.